The molecule has 2 unspecified atom stereocenters. The van der Waals surface area contributed by atoms with E-state index in [2.05, 4.69) is 0 Å². The fourth-order valence-electron chi connectivity index (χ4n) is 2.97. The summed E-state index contributed by atoms with van der Waals surface area (Å²) in [6.45, 7) is 1.14. The lowest BCUT2D eigenvalue weighted by Gasteiger charge is -2.38. The Kier molecular flexibility index (Phi) is 8.81. The third kappa shape index (κ3) is 6.17. The zero-order valence-corrected chi connectivity index (χ0v) is 16.9. The standard InChI is InChI=1S/C16H14O3.C6H13NO5/c1-11(16(18)19)13-8-5-9-14(10-13)15(17)12-6-3-2-4-7-12;7-3-5(10)4(9)2(1-8)12-6(3)11/h2-11H,1H3,(H,18,19);2-6,8-11H,1,7H2/t;2-,3-,4-,5-,6?/m.1/s1. The normalized spacial score (nSPS) is 26.3. The molecule has 0 amide bonds. The van der Waals surface area contributed by atoms with Crippen molar-refractivity contribution in [3.8, 4) is 0 Å². The quantitative estimate of drug-likeness (QED) is 0.351. The first-order valence-corrected chi connectivity index (χ1v) is 9.66. The topological polar surface area (TPSA) is 171 Å². The Bertz CT molecular complexity index is 870. The van der Waals surface area contributed by atoms with Gasteiger partial charge in [-0.3, -0.25) is 9.59 Å². The molecule has 2 aromatic carbocycles. The second kappa shape index (κ2) is 11.1. The van der Waals surface area contributed by atoms with Gasteiger partial charge in [-0.05, 0) is 18.6 Å². The van der Waals surface area contributed by atoms with Gasteiger partial charge in [0.05, 0.1) is 18.6 Å². The highest BCUT2D eigenvalue weighted by atomic mass is 16.6. The smallest absolute Gasteiger partial charge is 0.310 e. The molecule has 1 saturated heterocycles. The summed E-state index contributed by atoms with van der Waals surface area (Å²) in [5, 5.41) is 45.1. The van der Waals surface area contributed by atoms with Crippen LogP contribution < -0.4 is 5.73 Å². The average Bonchev–Trinajstić information content (AvgIpc) is 2.80. The van der Waals surface area contributed by atoms with Crippen LogP contribution in [0.2, 0.25) is 0 Å². The van der Waals surface area contributed by atoms with E-state index in [1.807, 2.05) is 6.07 Å². The van der Waals surface area contributed by atoms with Crippen LogP contribution in [0.25, 0.3) is 0 Å². The largest absolute Gasteiger partial charge is 0.481 e. The first-order valence-electron chi connectivity index (χ1n) is 9.66. The molecule has 0 saturated carbocycles. The first-order chi connectivity index (χ1) is 14.7. The molecule has 0 radical (unpaired) electrons. The Morgan fingerprint density at radius 1 is 1.00 bits per heavy atom. The number of carboxylic acids is 1. The minimum absolute atomic E-state index is 0.0972. The summed E-state index contributed by atoms with van der Waals surface area (Å²) in [6.07, 6.45) is -4.85. The number of aliphatic carboxylic acids is 1. The van der Waals surface area contributed by atoms with Crippen molar-refractivity contribution >= 4 is 11.8 Å². The molecule has 31 heavy (non-hydrogen) atoms. The number of benzene rings is 2. The zero-order chi connectivity index (χ0) is 23.1. The molecule has 1 fully saturated rings. The van der Waals surface area contributed by atoms with Gasteiger partial charge in [-0.1, -0.05) is 48.5 Å². The second-order valence-electron chi connectivity index (χ2n) is 7.19. The Hall–Kier alpha value is -2.66. The maximum absolute atomic E-state index is 12.2. The summed E-state index contributed by atoms with van der Waals surface area (Å²) >= 11 is 0. The summed E-state index contributed by atoms with van der Waals surface area (Å²) < 4.78 is 4.70. The molecule has 1 aliphatic rings. The van der Waals surface area contributed by atoms with Crippen LogP contribution in [0.4, 0.5) is 0 Å². The van der Waals surface area contributed by atoms with E-state index in [1.54, 1.807) is 55.5 Å². The number of nitrogens with two attached hydrogens (primary N) is 1. The lowest BCUT2D eigenvalue weighted by Crippen LogP contribution is -2.61. The first kappa shape index (κ1) is 24.6. The van der Waals surface area contributed by atoms with Crippen molar-refractivity contribution in [3.63, 3.8) is 0 Å². The maximum Gasteiger partial charge on any atom is 0.310 e. The average molecular weight is 433 g/mol. The van der Waals surface area contributed by atoms with E-state index in [4.69, 9.17) is 25.8 Å². The Morgan fingerprint density at radius 2 is 1.61 bits per heavy atom. The van der Waals surface area contributed by atoms with E-state index in [0.717, 1.165) is 0 Å². The summed E-state index contributed by atoms with van der Waals surface area (Å²) in [4.78, 5) is 23.2. The van der Waals surface area contributed by atoms with Crippen LogP contribution in [0.15, 0.2) is 54.6 Å². The van der Waals surface area contributed by atoms with Crippen molar-refractivity contribution in [1.82, 2.24) is 0 Å². The molecule has 0 bridgehead atoms. The van der Waals surface area contributed by atoms with Crippen LogP contribution in [0.3, 0.4) is 0 Å². The molecule has 0 aliphatic carbocycles. The minimum atomic E-state index is -1.35. The molecule has 1 heterocycles. The predicted molar refractivity (Wildman–Crippen MR) is 110 cm³/mol. The van der Waals surface area contributed by atoms with E-state index >= 15 is 0 Å². The number of ether oxygens (including phenoxy) is 1. The molecular weight excluding hydrogens is 406 g/mol. The second-order valence-corrected chi connectivity index (χ2v) is 7.19. The summed E-state index contributed by atoms with van der Waals surface area (Å²) in [5.41, 5.74) is 7.01. The number of rotatable bonds is 5. The molecule has 9 heteroatoms. The van der Waals surface area contributed by atoms with Crippen molar-refractivity contribution in [2.24, 2.45) is 5.73 Å². The van der Waals surface area contributed by atoms with E-state index < -0.39 is 49.1 Å². The molecular formula is C22H27NO8. The van der Waals surface area contributed by atoms with Crippen molar-refractivity contribution in [2.45, 2.75) is 43.5 Å². The van der Waals surface area contributed by atoms with Crippen molar-refractivity contribution < 1.29 is 39.9 Å². The number of carbonyl (C=O) groups is 2. The summed E-state index contributed by atoms with van der Waals surface area (Å²) in [6, 6.07) is 14.7. The van der Waals surface area contributed by atoms with Gasteiger partial charge in [-0.2, -0.15) is 0 Å². The highest BCUT2D eigenvalue weighted by Gasteiger charge is 2.41. The van der Waals surface area contributed by atoms with E-state index in [0.29, 0.717) is 16.7 Å². The van der Waals surface area contributed by atoms with Crippen molar-refractivity contribution in [1.29, 1.82) is 0 Å². The van der Waals surface area contributed by atoms with Crippen LogP contribution in [0.1, 0.15) is 34.3 Å². The van der Waals surface area contributed by atoms with Crippen LogP contribution >= 0.6 is 0 Å². The van der Waals surface area contributed by atoms with Gasteiger partial charge < -0.3 is 36.0 Å². The molecule has 0 spiro atoms. The fourth-order valence-corrected chi connectivity index (χ4v) is 2.97. The highest BCUT2D eigenvalue weighted by molar-refractivity contribution is 6.09. The van der Waals surface area contributed by atoms with Gasteiger partial charge in [0.25, 0.3) is 0 Å². The van der Waals surface area contributed by atoms with Gasteiger partial charge in [0.2, 0.25) is 0 Å². The van der Waals surface area contributed by atoms with Crippen LogP contribution in [0.5, 0.6) is 0 Å². The van der Waals surface area contributed by atoms with Crippen LogP contribution in [-0.4, -0.2) is 74.5 Å². The lowest BCUT2D eigenvalue weighted by molar-refractivity contribution is -0.248. The number of carboxylic acid groups (broad SMARTS) is 1. The van der Waals surface area contributed by atoms with E-state index in [1.165, 1.54) is 0 Å². The third-order valence-electron chi connectivity index (χ3n) is 5.00. The van der Waals surface area contributed by atoms with Gasteiger partial charge in [0.1, 0.15) is 18.3 Å². The Balaban J connectivity index is 0.000000245. The fraction of sp³-hybridized carbons (Fsp3) is 0.364. The molecule has 6 atom stereocenters. The van der Waals surface area contributed by atoms with E-state index in [-0.39, 0.29) is 5.78 Å². The monoisotopic (exact) mass is 433 g/mol. The molecule has 7 N–H and O–H groups in total. The van der Waals surface area contributed by atoms with Crippen molar-refractivity contribution in [2.75, 3.05) is 6.61 Å². The SMILES string of the molecule is CC(C(=O)O)c1cccc(C(=O)c2ccccc2)c1.N[C@H]1C(O)O[C@H](CO)[C@@H](O)[C@@H]1O. The maximum atomic E-state index is 12.2. The number of aliphatic hydroxyl groups is 4. The van der Waals surface area contributed by atoms with Gasteiger partial charge in [0.15, 0.2) is 12.1 Å². The molecule has 1 aliphatic heterocycles. The number of hydrogen-bond donors (Lipinski definition) is 6. The molecule has 3 rings (SSSR count). The highest BCUT2D eigenvalue weighted by Crippen LogP contribution is 2.19. The Labute approximate surface area is 179 Å². The van der Waals surface area contributed by atoms with Gasteiger partial charge in [0, 0.05) is 11.1 Å². The zero-order valence-electron chi connectivity index (χ0n) is 16.9. The molecule has 0 aromatic heterocycles. The molecule has 2 aromatic rings. The van der Waals surface area contributed by atoms with Gasteiger partial charge in [-0.25, -0.2) is 0 Å². The van der Waals surface area contributed by atoms with Crippen LogP contribution in [0, 0.1) is 0 Å². The summed E-state index contributed by atoms with van der Waals surface area (Å²) in [5.74, 6) is -1.62. The predicted octanol–water partition coefficient (Wildman–Crippen LogP) is -0.149. The van der Waals surface area contributed by atoms with Crippen LogP contribution in [-0.2, 0) is 9.53 Å². The third-order valence-corrected chi connectivity index (χ3v) is 5.00. The Morgan fingerprint density at radius 3 is 2.19 bits per heavy atom. The lowest BCUT2D eigenvalue weighted by atomic mass is 9.96. The number of aliphatic hydroxyl groups excluding tert-OH is 4. The minimum Gasteiger partial charge on any atom is -0.481 e. The number of carbonyl (C=O) groups excluding carboxylic acids is 1. The van der Waals surface area contributed by atoms with Gasteiger partial charge >= 0.3 is 5.97 Å². The molecule has 168 valence electrons. The number of ketones is 1. The summed E-state index contributed by atoms with van der Waals surface area (Å²) in [7, 11) is 0. The van der Waals surface area contributed by atoms with Crippen molar-refractivity contribution in [3.05, 3.63) is 71.3 Å². The molecule has 9 nitrogen and oxygen atoms in total. The number of hydrogen-bond acceptors (Lipinski definition) is 8. The van der Waals surface area contributed by atoms with Gasteiger partial charge in [-0.15, -0.1) is 0 Å². The van der Waals surface area contributed by atoms with E-state index in [9.17, 15) is 19.8 Å².